The Bertz CT molecular complexity index is 396. The van der Waals surface area contributed by atoms with Crippen LogP contribution in [-0.2, 0) is 11.2 Å². The number of benzene rings is 1. The molecule has 1 aromatic rings. The molecule has 2 nitrogen and oxygen atoms in total. The lowest BCUT2D eigenvalue weighted by Crippen LogP contribution is -2.41. The van der Waals surface area contributed by atoms with Crippen molar-refractivity contribution in [2.24, 2.45) is 5.92 Å². The molecule has 0 radical (unpaired) electrons. The van der Waals surface area contributed by atoms with Gasteiger partial charge in [0, 0.05) is 12.6 Å². The van der Waals surface area contributed by atoms with Gasteiger partial charge in [-0.1, -0.05) is 30.7 Å². The first-order valence-electron chi connectivity index (χ1n) is 7.58. The van der Waals surface area contributed by atoms with Crippen LogP contribution in [0.3, 0.4) is 0 Å². The van der Waals surface area contributed by atoms with E-state index in [-0.39, 0.29) is 0 Å². The average molecular weight is 261 g/mol. The Kier molecular flexibility index (Phi) is 5.41. The van der Waals surface area contributed by atoms with Gasteiger partial charge in [-0.3, -0.25) is 0 Å². The first-order chi connectivity index (χ1) is 9.20. The van der Waals surface area contributed by atoms with E-state index in [1.165, 1.54) is 29.5 Å². The minimum atomic E-state index is 0.547. The van der Waals surface area contributed by atoms with Gasteiger partial charge in [0.2, 0.25) is 0 Å². The normalized spacial score (nSPS) is 21.3. The molecular weight excluding hydrogens is 234 g/mol. The van der Waals surface area contributed by atoms with Gasteiger partial charge in [-0.2, -0.15) is 0 Å². The van der Waals surface area contributed by atoms with E-state index in [4.69, 9.17) is 4.74 Å². The molecule has 2 atom stereocenters. The van der Waals surface area contributed by atoms with Crippen LogP contribution in [0.25, 0.3) is 0 Å². The molecule has 1 fully saturated rings. The Morgan fingerprint density at radius 1 is 1.37 bits per heavy atom. The monoisotopic (exact) mass is 261 g/mol. The smallest absolute Gasteiger partial charge is 0.0509 e. The van der Waals surface area contributed by atoms with Gasteiger partial charge >= 0.3 is 0 Å². The van der Waals surface area contributed by atoms with Crippen molar-refractivity contribution in [1.29, 1.82) is 0 Å². The average Bonchev–Trinajstić information content (AvgIpc) is 2.43. The molecule has 1 aromatic carbocycles. The van der Waals surface area contributed by atoms with Crippen molar-refractivity contribution in [2.45, 2.75) is 46.1 Å². The van der Waals surface area contributed by atoms with E-state index in [9.17, 15) is 0 Å². The molecule has 2 unspecified atom stereocenters. The SMILES string of the molecule is CCNC(Cc1cc(C)ccc1C)C1CCCOC1. The van der Waals surface area contributed by atoms with Crippen LogP contribution in [0.15, 0.2) is 18.2 Å². The predicted octanol–water partition coefficient (Wildman–Crippen LogP) is 3.25. The molecule has 0 aliphatic carbocycles. The molecule has 1 saturated heterocycles. The van der Waals surface area contributed by atoms with E-state index >= 15 is 0 Å². The Morgan fingerprint density at radius 2 is 2.21 bits per heavy atom. The highest BCUT2D eigenvalue weighted by Gasteiger charge is 2.24. The number of nitrogens with one attached hydrogen (secondary N) is 1. The van der Waals surface area contributed by atoms with Crippen LogP contribution in [0.2, 0.25) is 0 Å². The van der Waals surface area contributed by atoms with Crippen molar-refractivity contribution in [1.82, 2.24) is 5.32 Å². The highest BCUT2D eigenvalue weighted by molar-refractivity contribution is 5.31. The van der Waals surface area contributed by atoms with E-state index in [2.05, 4.69) is 44.3 Å². The van der Waals surface area contributed by atoms with E-state index in [0.717, 1.165) is 26.2 Å². The van der Waals surface area contributed by atoms with Gasteiger partial charge in [-0.15, -0.1) is 0 Å². The molecule has 0 spiro atoms. The van der Waals surface area contributed by atoms with Crippen LogP contribution < -0.4 is 5.32 Å². The molecule has 1 heterocycles. The third kappa shape index (κ3) is 4.05. The lowest BCUT2D eigenvalue weighted by Gasteiger charge is -2.31. The van der Waals surface area contributed by atoms with Gasteiger partial charge in [0.25, 0.3) is 0 Å². The molecule has 1 aliphatic rings. The van der Waals surface area contributed by atoms with Crippen molar-refractivity contribution >= 4 is 0 Å². The van der Waals surface area contributed by atoms with Crippen molar-refractivity contribution in [3.05, 3.63) is 34.9 Å². The fraction of sp³-hybridized carbons (Fsp3) is 0.647. The third-order valence-corrected chi connectivity index (χ3v) is 4.18. The summed E-state index contributed by atoms with van der Waals surface area (Å²) in [5, 5.41) is 3.67. The maximum Gasteiger partial charge on any atom is 0.0509 e. The Hall–Kier alpha value is -0.860. The second kappa shape index (κ2) is 7.06. The highest BCUT2D eigenvalue weighted by atomic mass is 16.5. The van der Waals surface area contributed by atoms with Crippen LogP contribution in [0.5, 0.6) is 0 Å². The molecule has 1 N–H and O–H groups in total. The number of rotatable bonds is 5. The standard InChI is InChI=1S/C17H27NO/c1-4-18-17(15-6-5-9-19-12-15)11-16-10-13(2)7-8-14(16)3/h7-8,10,15,17-18H,4-6,9,11-12H2,1-3H3. The maximum atomic E-state index is 5.66. The van der Waals surface area contributed by atoms with Gasteiger partial charge in [0.05, 0.1) is 6.61 Å². The van der Waals surface area contributed by atoms with Crippen LogP contribution in [-0.4, -0.2) is 25.8 Å². The Labute approximate surface area is 117 Å². The minimum absolute atomic E-state index is 0.547. The van der Waals surface area contributed by atoms with E-state index < -0.39 is 0 Å². The Balaban J connectivity index is 2.08. The topological polar surface area (TPSA) is 21.3 Å². The molecule has 0 aromatic heterocycles. The zero-order chi connectivity index (χ0) is 13.7. The summed E-state index contributed by atoms with van der Waals surface area (Å²) in [6.07, 6.45) is 3.62. The summed E-state index contributed by atoms with van der Waals surface area (Å²) >= 11 is 0. The highest BCUT2D eigenvalue weighted by Crippen LogP contribution is 2.22. The molecule has 2 heteroatoms. The largest absolute Gasteiger partial charge is 0.381 e. The first kappa shape index (κ1) is 14.5. The zero-order valence-electron chi connectivity index (χ0n) is 12.5. The minimum Gasteiger partial charge on any atom is -0.381 e. The van der Waals surface area contributed by atoms with Crippen molar-refractivity contribution in [3.8, 4) is 0 Å². The van der Waals surface area contributed by atoms with E-state index in [1.807, 2.05) is 0 Å². The lowest BCUT2D eigenvalue weighted by molar-refractivity contribution is 0.0395. The van der Waals surface area contributed by atoms with Gasteiger partial charge in [0.1, 0.15) is 0 Å². The number of hydrogen-bond donors (Lipinski definition) is 1. The molecule has 2 rings (SSSR count). The van der Waals surface area contributed by atoms with Crippen LogP contribution in [0.1, 0.15) is 36.5 Å². The second-order valence-electron chi connectivity index (χ2n) is 5.78. The first-order valence-corrected chi connectivity index (χ1v) is 7.58. The zero-order valence-corrected chi connectivity index (χ0v) is 12.5. The fourth-order valence-corrected chi connectivity index (χ4v) is 3.01. The predicted molar refractivity (Wildman–Crippen MR) is 80.6 cm³/mol. The number of likely N-dealkylation sites (N-methyl/N-ethyl adjacent to an activating group) is 1. The lowest BCUT2D eigenvalue weighted by atomic mass is 9.87. The molecule has 0 bridgehead atoms. The summed E-state index contributed by atoms with van der Waals surface area (Å²) in [5.41, 5.74) is 4.25. The number of ether oxygens (including phenoxy) is 1. The number of aryl methyl sites for hydroxylation is 2. The van der Waals surface area contributed by atoms with Crippen LogP contribution >= 0.6 is 0 Å². The quantitative estimate of drug-likeness (QED) is 0.878. The molecule has 0 amide bonds. The van der Waals surface area contributed by atoms with Crippen LogP contribution in [0.4, 0.5) is 0 Å². The summed E-state index contributed by atoms with van der Waals surface area (Å²) in [6, 6.07) is 7.32. The molecule has 106 valence electrons. The summed E-state index contributed by atoms with van der Waals surface area (Å²) in [5.74, 6) is 0.661. The van der Waals surface area contributed by atoms with Crippen molar-refractivity contribution in [3.63, 3.8) is 0 Å². The van der Waals surface area contributed by atoms with E-state index in [1.54, 1.807) is 0 Å². The number of hydrogen-bond acceptors (Lipinski definition) is 2. The summed E-state index contributed by atoms with van der Waals surface area (Å²) in [4.78, 5) is 0. The van der Waals surface area contributed by atoms with Crippen molar-refractivity contribution in [2.75, 3.05) is 19.8 Å². The summed E-state index contributed by atoms with van der Waals surface area (Å²) in [6.45, 7) is 9.48. The second-order valence-corrected chi connectivity index (χ2v) is 5.78. The van der Waals surface area contributed by atoms with Gasteiger partial charge < -0.3 is 10.1 Å². The molecule has 1 aliphatic heterocycles. The van der Waals surface area contributed by atoms with Crippen molar-refractivity contribution < 1.29 is 4.74 Å². The Morgan fingerprint density at radius 3 is 2.89 bits per heavy atom. The van der Waals surface area contributed by atoms with Gasteiger partial charge in [0.15, 0.2) is 0 Å². The summed E-state index contributed by atoms with van der Waals surface area (Å²) < 4.78 is 5.66. The molecule has 19 heavy (non-hydrogen) atoms. The molecular formula is C17H27NO. The summed E-state index contributed by atoms with van der Waals surface area (Å²) in [7, 11) is 0. The third-order valence-electron chi connectivity index (χ3n) is 4.18. The van der Waals surface area contributed by atoms with Crippen LogP contribution in [0, 0.1) is 19.8 Å². The van der Waals surface area contributed by atoms with Gasteiger partial charge in [-0.05, 0) is 56.7 Å². The van der Waals surface area contributed by atoms with E-state index in [0.29, 0.717) is 12.0 Å². The van der Waals surface area contributed by atoms with Gasteiger partial charge in [-0.25, -0.2) is 0 Å². The fourth-order valence-electron chi connectivity index (χ4n) is 3.01. The molecule has 0 saturated carbocycles. The maximum absolute atomic E-state index is 5.66.